The molecule has 1 amide bonds. The van der Waals surface area contributed by atoms with Crippen molar-refractivity contribution in [2.45, 2.75) is 24.7 Å². The minimum absolute atomic E-state index is 0.0310. The predicted molar refractivity (Wildman–Crippen MR) is 88.1 cm³/mol. The molecule has 2 atom stereocenters. The van der Waals surface area contributed by atoms with Crippen LogP contribution in [0.2, 0.25) is 0 Å². The highest BCUT2D eigenvalue weighted by molar-refractivity contribution is 5.95. The second kappa shape index (κ2) is 5.98. The van der Waals surface area contributed by atoms with Gasteiger partial charge in [0.25, 0.3) is 5.91 Å². The van der Waals surface area contributed by atoms with Crippen molar-refractivity contribution in [1.29, 1.82) is 0 Å². The Morgan fingerprint density at radius 2 is 2.08 bits per heavy atom. The molecule has 8 nitrogen and oxygen atoms in total. The van der Waals surface area contributed by atoms with Crippen LogP contribution < -0.4 is 9.47 Å². The van der Waals surface area contributed by atoms with E-state index >= 15 is 0 Å². The molecule has 0 bridgehead atoms. The molecule has 1 saturated heterocycles. The van der Waals surface area contributed by atoms with Gasteiger partial charge in [0.2, 0.25) is 12.7 Å². The molecule has 1 aromatic heterocycles. The van der Waals surface area contributed by atoms with Gasteiger partial charge < -0.3 is 24.0 Å². The topological polar surface area (TPSA) is 97.9 Å². The molecular formula is C18H19N3O5. The van der Waals surface area contributed by atoms with Crippen LogP contribution in [0.5, 0.6) is 11.5 Å². The van der Waals surface area contributed by atoms with Gasteiger partial charge in [0.15, 0.2) is 17.3 Å². The number of aliphatic hydroxyl groups excluding tert-OH is 1. The minimum atomic E-state index is -0.141. The molecule has 8 heteroatoms. The smallest absolute Gasteiger partial charge is 0.254 e. The highest BCUT2D eigenvalue weighted by Crippen LogP contribution is 2.40. The predicted octanol–water partition coefficient (Wildman–Crippen LogP) is 1.52. The van der Waals surface area contributed by atoms with Crippen molar-refractivity contribution < 1.29 is 23.9 Å². The lowest BCUT2D eigenvalue weighted by Gasteiger charge is -2.16. The number of fused-ring (bicyclic) bond motifs is 1. The van der Waals surface area contributed by atoms with Crippen molar-refractivity contribution in [3.63, 3.8) is 0 Å². The molecule has 2 aromatic rings. The van der Waals surface area contributed by atoms with Gasteiger partial charge in [-0.25, -0.2) is 0 Å². The molecule has 1 aliphatic carbocycles. The molecule has 5 rings (SSSR count). The lowest BCUT2D eigenvalue weighted by Crippen LogP contribution is -2.29. The van der Waals surface area contributed by atoms with Gasteiger partial charge in [-0.15, -0.1) is 0 Å². The van der Waals surface area contributed by atoms with Crippen molar-refractivity contribution in [2.75, 3.05) is 26.5 Å². The Kier molecular flexibility index (Phi) is 3.59. The minimum Gasteiger partial charge on any atom is -0.454 e. The van der Waals surface area contributed by atoms with Gasteiger partial charge in [0.05, 0.1) is 5.92 Å². The molecule has 0 radical (unpaired) electrons. The van der Waals surface area contributed by atoms with Gasteiger partial charge in [0.1, 0.15) is 0 Å². The maximum Gasteiger partial charge on any atom is 0.254 e. The zero-order valence-electron chi connectivity index (χ0n) is 14.1. The van der Waals surface area contributed by atoms with Crippen LogP contribution in [0, 0.1) is 5.92 Å². The molecule has 2 aliphatic heterocycles. The molecule has 3 aliphatic rings. The van der Waals surface area contributed by atoms with Crippen molar-refractivity contribution in [1.82, 2.24) is 15.0 Å². The number of amides is 1. The summed E-state index contributed by atoms with van der Waals surface area (Å²) in [6, 6.07) is 5.17. The summed E-state index contributed by atoms with van der Waals surface area (Å²) in [7, 11) is 0. The summed E-state index contributed by atoms with van der Waals surface area (Å²) in [6.07, 6.45) is 2.20. The normalized spacial score (nSPS) is 24.3. The largest absolute Gasteiger partial charge is 0.454 e. The summed E-state index contributed by atoms with van der Waals surface area (Å²) in [5.41, 5.74) is 0.538. The summed E-state index contributed by atoms with van der Waals surface area (Å²) in [4.78, 5) is 19.1. The van der Waals surface area contributed by atoms with E-state index in [1.54, 1.807) is 23.1 Å². The van der Waals surface area contributed by atoms with Crippen LogP contribution in [-0.2, 0) is 0 Å². The van der Waals surface area contributed by atoms with E-state index in [4.69, 9.17) is 14.0 Å². The SMILES string of the molecule is O=C(c1ccc2c(c1)OCO2)N1CC(CO)C(c2nc(C3CC3)no2)C1. The monoisotopic (exact) mass is 357 g/mol. The number of hydrogen-bond donors (Lipinski definition) is 1. The van der Waals surface area contributed by atoms with Crippen molar-refractivity contribution >= 4 is 5.91 Å². The Morgan fingerprint density at radius 3 is 2.88 bits per heavy atom. The van der Waals surface area contributed by atoms with E-state index in [0.29, 0.717) is 42.0 Å². The van der Waals surface area contributed by atoms with Gasteiger partial charge in [-0.3, -0.25) is 4.79 Å². The number of rotatable bonds is 4. The van der Waals surface area contributed by atoms with E-state index in [9.17, 15) is 9.90 Å². The summed E-state index contributed by atoms with van der Waals surface area (Å²) in [5.74, 6) is 2.55. The number of nitrogens with zero attached hydrogens (tertiary/aromatic N) is 3. The van der Waals surface area contributed by atoms with E-state index in [0.717, 1.165) is 18.7 Å². The van der Waals surface area contributed by atoms with E-state index < -0.39 is 0 Å². The molecule has 26 heavy (non-hydrogen) atoms. The van der Waals surface area contributed by atoms with E-state index in [1.165, 1.54) is 0 Å². The highest BCUT2D eigenvalue weighted by Gasteiger charge is 2.40. The van der Waals surface area contributed by atoms with E-state index in [-0.39, 0.29) is 31.1 Å². The second-order valence-electron chi connectivity index (χ2n) is 7.09. The number of hydrogen-bond acceptors (Lipinski definition) is 7. The van der Waals surface area contributed by atoms with Gasteiger partial charge in [-0.05, 0) is 31.0 Å². The highest BCUT2D eigenvalue weighted by atomic mass is 16.7. The summed E-state index contributed by atoms with van der Waals surface area (Å²) in [5, 5.41) is 13.8. The van der Waals surface area contributed by atoms with Gasteiger partial charge in [-0.1, -0.05) is 5.16 Å². The summed E-state index contributed by atoms with van der Waals surface area (Å²) < 4.78 is 16.1. The first-order chi connectivity index (χ1) is 12.7. The van der Waals surface area contributed by atoms with Crippen molar-refractivity contribution in [3.8, 4) is 11.5 Å². The lowest BCUT2D eigenvalue weighted by atomic mass is 9.97. The average Bonchev–Trinajstić information content (AvgIpc) is 3.10. The fraction of sp³-hybridized carbons (Fsp3) is 0.500. The summed E-state index contributed by atoms with van der Waals surface area (Å²) in [6.45, 7) is 1.04. The Labute approximate surface area is 149 Å². The van der Waals surface area contributed by atoms with Gasteiger partial charge in [-0.2, -0.15) is 4.98 Å². The third kappa shape index (κ3) is 2.61. The summed E-state index contributed by atoms with van der Waals surface area (Å²) >= 11 is 0. The van der Waals surface area contributed by atoms with E-state index in [1.807, 2.05) is 0 Å². The first-order valence-electron chi connectivity index (χ1n) is 8.86. The molecule has 2 unspecified atom stereocenters. The quantitative estimate of drug-likeness (QED) is 0.886. The average molecular weight is 357 g/mol. The Morgan fingerprint density at radius 1 is 1.23 bits per heavy atom. The third-order valence-corrected chi connectivity index (χ3v) is 5.30. The maximum absolute atomic E-state index is 12.9. The van der Waals surface area contributed by atoms with Crippen LogP contribution in [0.25, 0.3) is 0 Å². The Hall–Kier alpha value is -2.61. The van der Waals surface area contributed by atoms with Crippen LogP contribution in [0.4, 0.5) is 0 Å². The Balaban J connectivity index is 1.35. The van der Waals surface area contributed by atoms with E-state index in [2.05, 4.69) is 10.1 Å². The zero-order chi connectivity index (χ0) is 17.7. The molecule has 1 N–H and O–H groups in total. The van der Waals surface area contributed by atoms with Crippen LogP contribution in [0.1, 0.15) is 46.8 Å². The first-order valence-corrected chi connectivity index (χ1v) is 8.86. The number of carbonyl (C=O) groups is 1. The standard InChI is InChI=1S/C18H19N3O5/c22-8-12-6-21(7-13(12)17-19-16(20-26-17)10-1-2-10)18(23)11-3-4-14-15(5-11)25-9-24-14/h3-5,10,12-13,22H,1-2,6-9H2. The number of aliphatic hydroxyl groups is 1. The number of ether oxygens (including phenoxy) is 2. The second-order valence-corrected chi connectivity index (χ2v) is 7.09. The lowest BCUT2D eigenvalue weighted by molar-refractivity contribution is 0.0780. The molecule has 2 fully saturated rings. The van der Waals surface area contributed by atoms with Gasteiger partial charge >= 0.3 is 0 Å². The Bertz CT molecular complexity index is 847. The van der Waals surface area contributed by atoms with Crippen molar-refractivity contribution in [3.05, 3.63) is 35.5 Å². The fourth-order valence-electron chi connectivity index (χ4n) is 3.62. The van der Waals surface area contributed by atoms with Crippen LogP contribution in [0.3, 0.4) is 0 Å². The first kappa shape index (κ1) is 15.6. The number of carbonyl (C=O) groups excluding carboxylic acids is 1. The van der Waals surface area contributed by atoms with Crippen LogP contribution >= 0.6 is 0 Å². The molecule has 3 heterocycles. The molecule has 136 valence electrons. The number of aromatic nitrogens is 2. The number of likely N-dealkylation sites (tertiary alicyclic amines) is 1. The maximum atomic E-state index is 12.9. The molecule has 1 saturated carbocycles. The van der Waals surface area contributed by atoms with Crippen LogP contribution in [0.15, 0.2) is 22.7 Å². The zero-order valence-corrected chi connectivity index (χ0v) is 14.1. The molecule has 1 aromatic carbocycles. The van der Waals surface area contributed by atoms with Gasteiger partial charge in [0, 0.05) is 37.1 Å². The molecular weight excluding hydrogens is 338 g/mol. The third-order valence-electron chi connectivity index (χ3n) is 5.30. The fourth-order valence-corrected chi connectivity index (χ4v) is 3.62. The molecule has 0 spiro atoms. The van der Waals surface area contributed by atoms with Crippen LogP contribution in [-0.4, -0.2) is 52.5 Å². The number of benzene rings is 1. The van der Waals surface area contributed by atoms with Crippen molar-refractivity contribution in [2.24, 2.45) is 5.92 Å².